The fraction of sp³-hybridized carbons (Fsp3) is 0.553. The molecule has 5 atom stereocenters. The third kappa shape index (κ3) is 15.9. The Balaban J connectivity index is 2.11. The van der Waals surface area contributed by atoms with Crippen molar-refractivity contribution >= 4 is 36.7 Å². The molecule has 15 nitrogen and oxygen atoms in total. The Kier molecular flexibility index (Phi) is 21.1. The third-order valence-corrected chi connectivity index (χ3v) is 9.06. The van der Waals surface area contributed by atoms with Crippen LogP contribution >= 0.6 is 0 Å². The summed E-state index contributed by atoms with van der Waals surface area (Å²) in [5, 5.41) is 31.9. The van der Waals surface area contributed by atoms with E-state index < -0.39 is 66.8 Å². The van der Waals surface area contributed by atoms with E-state index in [9.17, 15) is 34.0 Å². The fourth-order valence-corrected chi connectivity index (χ4v) is 5.61. The van der Waals surface area contributed by atoms with Crippen molar-refractivity contribution in [3.63, 3.8) is 0 Å². The zero-order valence-electron chi connectivity index (χ0n) is 31.9. The lowest BCUT2D eigenvalue weighted by molar-refractivity contribution is -0.134. The van der Waals surface area contributed by atoms with Gasteiger partial charge in [-0.25, -0.2) is 0 Å². The van der Waals surface area contributed by atoms with E-state index in [1.165, 1.54) is 19.4 Å². The van der Waals surface area contributed by atoms with Crippen molar-refractivity contribution in [2.24, 2.45) is 17.2 Å². The lowest BCUT2D eigenvalue weighted by Crippen LogP contribution is -2.58. The quantitative estimate of drug-likeness (QED) is 0.0493. The van der Waals surface area contributed by atoms with Crippen molar-refractivity contribution in [2.75, 3.05) is 19.6 Å². The highest BCUT2D eigenvalue weighted by molar-refractivity contribution is 6.43. The summed E-state index contributed by atoms with van der Waals surface area (Å²) in [6.45, 7) is 5.84. The monoisotopic (exact) mass is 752 g/mol. The molecule has 0 spiro atoms. The van der Waals surface area contributed by atoms with E-state index in [1.807, 2.05) is 12.1 Å². The van der Waals surface area contributed by atoms with Gasteiger partial charge in [-0.15, -0.1) is 0 Å². The fourth-order valence-electron chi connectivity index (χ4n) is 5.61. The van der Waals surface area contributed by atoms with Crippen LogP contribution in [0.1, 0.15) is 94.5 Å². The number of nitrogens with one attached hydrogen (secondary N) is 5. The summed E-state index contributed by atoms with van der Waals surface area (Å²) < 4.78 is 0. The first-order valence-corrected chi connectivity index (χ1v) is 19.0. The number of unbranched alkanes of at least 4 members (excludes halogenated alkanes) is 3. The molecule has 0 heterocycles. The normalized spacial score (nSPS) is 13.8. The minimum Gasteiger partial charge on any atom is -0.426 e. The van der Waals surface area contributed by atoms with E-state index in [-0.39, 0.29) is 25.8 Å². The van der Waals surface area contributed by atoms with E-state index in [0.29, 0.717) is 44.3 Å². The predicted molar refractivity (Wildman–Crippen MR) is 210 cm³/mol. The average molecular weight is 753 g/mol. The Morgan fingerprint density at radius 1 is 0.593 bits per heavy atom. The summed E-state index contributed by atoms with van der Waals surface area (Å²) in [5.74, 6) is -4.01. The number of aryl methyl sites for hydroxylation is 1. The summed E-state index contributed by atoms with van der Waals surface area (Å²) in [4.78, 5) is 66.3. The molecule has 0 aromatic heterocycles. The zero-order valence-corrected chi connectivity index (χ0v) is 31.9. The molecule has 5 amide bonds. The molecule has 0 aliphatic carbocycles. The lowest BCUT2D eigenvalue weighted by atomic mass is 9.81. The Bertz CT molecular complexity index is 1460. The highest BCUT2D eigenvalue weighted by Crippen LogP contribution is 2.21. The van der Waals surface area contributed by atoms with Crippen molar-refractivity contribution in [1.29, 1.82) is 0 Å². The van der Waals surface area contributed by atoms with Crippen molar-refractivity contribution in [2.45, 2.75) is 115 Å². The van der Waals surface area contributed by atoms with Crippen molar-refractivity contribution < 1.29 is 34.0 Å². The molecule has 0 unspecified atom stereocenters. The summed E-state index contributed by atoms with van der Waals surface area (Å²) >= 11 is 0. The third-order valence-electron chi connectivity index (χ3n) is 9.06. The van der Waals surface area contributed by atoms with Crippen LogP contribution in [-0.2, 0) is 25.6 Å². The molecule has 0 aliphatic rings. The molecule has 13 N–H and O–H groups in total. The van der Waals surface area contributed by atoms with Crippen LogP contribution in [-0.4, -0.2) is 96.4 Å². The van der Waals surface area contributed by atoms with Crippen LogP contribution in [0.4, 0.5) is 0 Å². The number of amides is 5. The minimum absolute atomic E-state index is 0.0862. The van der Waals surface area contributed by atoms with Crippen LogP contribution in [0.5, 0.6) is 0 Å². The van der Waals surface area contributed by atoms with E-state index in [0.717, 1.165) is 30.4 Å². The zero-order chi connectivity index (χ0) is 40.0. The van der Waals surface area contributed by atoms with E-state index in [1.54, 1.807) is 12.1 Å². The molecule has 0 radical (unpaired) electrons. The molecule has 16 heteroatoms. The highest BCUT2D eigenvalue weighted by atomic mass is 16.4. The van der Waals surface area contributed by atoms with Crippen molar-refractivity contribution in [1.82, 2.24) is 26.6 Å². The molecule has 2 aromatic rings. The topological polar surface area (TPSA) is 264 Å². The van der Waals surface area contributed by atoms with Crippen molar-refractivity contribution in [3.8, 4) is 11.1 Å². The van der Waals surface area contributed by atoms with E-state index >= 15 is 0 Å². The number of rotatable bonds is 25. The van der Waals surface area contributed by atoms with Gasteiger partial charge in [0.2, 0.25) is 23.6 Å². The largest absolute Gasteiger partial charge is 0.475 e. The number of carbonyl (C=O) groups excluding carboxylic acids is 5. The molecule has 0 aliphatic heterocycles. The Hall–Kier alpha value is -4.35. The smallest absolute Gasteiger partial charge is 0.426 e. The van der Waals surface area contributed by atoms with Crippen LogP contribution in [0.25, 0.3) is 11.1 Å². The van der Waals surface area contributed by atoms with Gasteiger partial charge >= 0.3 is 7.12 Å². The highest BCUT2D eigenvalue weighted by Gasteiger charge is 2.31. The maximum Gasteiger partial charge on any atom is 0.475 e. The molecular weight excluding hydrogens is 691 g/mol. The maximum absolute atomic E-state index is 13.5. The molecule has 54 heavy (non-hydrogen) atoms. The number of hydrogen-bond acceptors (Lipinski definition) is 10. The van der Waals surface area contributed by atoms with Crippen molar-refractivity contribution in [3.05, 3.63) is 59.7 Å². The van der Waals surface area contributed by atoms with Crippen LogP contribution in [0.15, 0.2) is 48.5 Å². The van der Waals surface area contributed by atoms with Gasteiger partial charge in [0.05, 0.1) is 5.94 Å². The summed E-state index contributed by atoms with van der Waals surface area (Å²) in [6.07, 6.45) is 6.02. The molecule has 2 aromatic carbocycles. The Morgan fingerprint density at radius 3 is 1.57 bits per heavy atom. The van der Waals surface area contributed by atoms with Gasteiger partial charge in [-0.05, 0) is 120 Å². The first kappa shape index (κ1) is 45.8. The van der Waals surface area contributed by atoms with Crippen LogP contribution in [0.2, 0.25) is 0 Å². The maximum atomic E-state index is 13.5. The first-order chi connectivity index (χ1) is 25.8. The Morgan fingerprint density at radius 2 is 1.07 bits per heavy atom. The number of benzene rings is 2. The SMILES string of the molecule is CCCCc1ccc(-c2ccc(C(=O)N[C@@H](CCN)C(=O)N[C@@H](CCCCN)C(=O)N[C@@H](C)C(=O)N[C@@H](CCCCN)C(=O)N[C@@H](C)B(O)O)cc2)cc1. The average Bonchev–Trinajstić information content (AvgIpc) is 3.16. The van der Waals surface area contributed by atoms with Crippen LogP contribution in [0.3, 0.4) is 0 Å². The standard InChI is InChI=1S/C38H61BN8O7/c1-4-5-10-27-13-15-28(16-14-27)29-17-19-30(20-18-29)35(49)46-33(21-24-42)38(52)47-31(11-6-8-22-40)36(50)43-25(2)34(48)45-32(12-7-9-23-41)37(51)44-26(3)39(53)54/h13-20,25-26,31-33,53-54H,4-12,21-24,40-42H2,1-3H3,(H,43,50)(H,44,51)(H,45,48)(H,46,49)(H,47,52)/t25-,26-,31-,32-,33-/m0/s1. The lowest BCUT2D eigenvalue weighted by Gasteiger charge is -2.25. The van der Waals surface area contributed by atoms with Gasteiger partial charge in [-0.3, -0.25) is 24.0 Å². The molecule has 0 saturated heterocycles. The second-order valence-corrected chi connectivity index (χ2v) is 13.6. The molecule has 2 rings (SSSR count). The minimum atomic E-state index is -1.80. The predicted octanol–water partition coefficient (Wildman–Crippen LogP) is 0.392. The van der Waals surface area contributed by atoms with Crippen LogP contribution < -0.4 is 43.8 Å². The van der Waals surface area contributed by atoms with Gasteiger partial charge in [0, 0.05) is 5.56 Å². The van der Waals surface area contributed by atoms with Crippen LogP contribution in [0, 0.1) is 0 Å². The summed E-state index contributed by atoms with van der Waals surface area (Å²) in [7, 11) is -1.80. The molecule has 0 fully saturated rings. The van der Waals surface area contributed by atoms with E-state index in [2.05, 4.69) is 57.8 Å². The van der Waals surface area contributed by atoms with E-state index in [4.69, 9.17) is 17.2 Å². The number of nitrogens with two attached hydrogens (primary N) is 3. The van der Waals surface area contributed by atoms with Gasteiger partial charge < -0.3 is 53.8 Å². The molecular formula is C38H61BN8O7. The van der Waals surface area contributed by atoms with Gasteiger partial charge in [0.1, 0.15) is 24.2 Å². The molecule has 298 valence electrons. The molecule has 0 bridgehead atoms. The van der Waals surface area contributed by atoms with Gasteiger partial charge in [0.25, 0.3) is 5.91 Å². The second kappa shape index (κ2) is 24.9. The van der Waals surface area contributed by atoms with Gasteiger partial charge in [0.15, 0.2) is 0 Å². The first-order valence-electron chi connectivity index (χ1n) is 19.0. The number of hydrogen-bond donors (Lipinski definition) is 10. The summed E-state index contributed by atoms with van der Waals surface area (Å²) in [6, 6.07) is 11.1. The Labute approximate surface area is 319 Å². The second-order valence-electron chi connectivity index (χ2n) is 13.6. The molecule has 0 saturated carbocycles. The summed E-state index contributed by atoms with van der Waals surface area (Å²) in [5.41, 5.74) is 20.6. The number of carbonyl (C=O) groups is 5. The van der Waals surface area contributed by atoms with Gasteiger partial charge in [-0.2, -0.15) is 0 Å². The van der Waals surface area contributed by atoms with Gasteiger partial charge in [-0.1, -0.05) is 49.7 Å².